The average Bonchev–Trinajstić information content (AvgIpc) is 3.55. The van der Waals surface area contributed by atoms with Gasteiger partial charge in [-0.3, -0.25) is 20.5 Å². The van der Waals surface area contributed by atoms with Crippen LogP contribution in [-0.4, -0.2) is 32.0 Å². The molecular formula is C23H17ClN8O2S. The number of thiazole rings is 1. The largest absolute Gasteiger partial charge is 0.423 e. The first-order valence-electron chi connectivity index (χ1n) is 10.6. The summed E-state index contributed by atoms with van der Waals surface area (Å²) in [5.74, 6) is -0.00403. The lowest BCUT2D eigenvalue weighted by Crippen LogP contribution is -2.37. The van der Waals surface area contributed by atoms with Crippen LogP contribution < -0.4 is 16.0 Å². The molecule has 0 spiro atoms. The minimum Gasteiger partial charge on any atom is -0.423 e. The number of oxazole rings is 1. The summed E-state index contributed by atoms with van der Waals surface area (Å²) < 4.78 is 6.72. The fourth-order valence-electron chi connectivity index (χ4n) is 3.83. The van der Waals surface area contributed by atoms with Crippen molar-refractivity contribution >= 4 is 67.3 Å². The van der Waals surface area contributed by atoms with Crippen molar-refractivity contribution in [3.8, 4) is 0 Å². The molecule has 0 saturated heterocycles. The van der Waals surface area contributed by atoms with E-state index >= 15 is 0 Å². The molecule has 5 aromatic rings. The Bertz CT molecular complexity index is 1580. The summed E-state index contributed by atoms with van der Waals surface area (Å²) in [5.41, 5.74) is 3.60. The highest BCUT2D eigenvalue weighted by molar-refractivity contribution is 7.22. The van der Waals surface area contributed by atoms with Gasteiger partial charge in [0.2, 0.25) is 5.96 Å². The first-order chi connectivity index (χ1) is 17.0. The minimum absolute atomic E-state index is 0.266. The zero-order chi connectivity index (χ0) is 23.9. The molecule has 1 aliphatic rings. The van der Waals surface area contributed by atoms with Crippen molar-refractivity contribution in [3.05, 3.63) is 76.7 Å². The molecule has 4 heterocycles. The van der Waals surface area contributed by atoms with Gasteiger partial charge in [0, 0.05) is 5.70 Å². The fraction of sp³-hybridized carbons (Fsp3) is 0.0870. The van der Waals surface area contributed by atoms with Crippen molar-refractivity contribution < 1.29 is 9.21 Å². The molecule has 2 aromatic carbocycles. The number of guanidine groups is 1. The smallest absolute Gasteiger partial charge is 0.302 e. The SMILES string of the molecule is CC1=C(C(=O)Nc2nc3ccccc3s2)C(c2[nH]ncc2Cl)N=C(Nc2nc3ccccc3o2)N1. The number of carbonyl (C=O) groups is 1. The van der Waals surface area contributed by atoms with Crippen LogP contribution in [0.4, 0.5) is 11.1 Å². The molecule has 0 radical (unpaired) electrons. The highest BCUT2D eigenvalue weighted by Crippen LogP contribution is 2.35. The van der Waals surface area contributed by atoms with E-state index in [-0.39, 0.29) is 11.9 Å². The van der Waals surface area contributed by atoms with Crippen LogP contribution in [0.25, 0.3) is 21.3 Å². The maximum absolute atomic E-state index is 13.4. The number of aliphatic imine (C=N–C) groups is 1. The number of aromatic amines is 1. The van der Waals surface area contributed by atoms with E-state index in [0.29, 0.717) is 44.2 Å². The maximum atomic E-state index is 13.4. The quantitative estimate of drug-likeness (QED) is 0.275. The van der Waals surface area contributed by atoms with Crippen molar-refractivity contribution in [1.82, 2.24) is 25.5 Å². The van der Waals surface area contributed by atoms with Gasteiger partial charge in [0.1, 0.15) is 11.6 Å². The van der Waals surface area contributed by atoms with Gasteiger partial charge in [-0.05, 0) is 31.2 Å². The van der Waals surface area contributed by atoms with E-state index in [9.17, 15) is 4.79 Å². The lowest BCUT2D eigenvalue weighted by atomic mass is 10.00. The number of halogens is 1. The van der Waals surface area contributed by atoms with Gasteiger partial charge in [0.05, 0.1) is 32.7 Å². The van der Waals surface area contributed by atoms with Crippen LogP contribution in [0.1, 0.15) is 18.7 Å². The summed E-state index contributed by atoms with van der Waals surface area (Å²) in [7, 11) is 0. The summed E-state index contributed by atoms with van der Waals surface area (Å²) in [4.78, 5) is 27.0. The third kappa shape index (κ3) is 4.00. The molecule has 1 unspecified atom stereocenters. The number of aromatic nitrogens is 4. The Hall–Kier alpha value is -4.22. The molecule has 1 aliphatic heterocycles. The number of hydrogen-bond donors (Lipinski definition) is 4. The van der Waals surface area contributed by atoms with Crippen LogP contribution in [0.3, 0.4) is 0 Å². The predicted molar refractivity (Wildman–Crippen MR) is 135 cm³/mol. The van der Waals surface area contributed by atoms with Gasteiger partial charge in [0.25, 0.3) is 5.91 Å². The molecule has 1 amide bonds. The number of anilines is 2. The van der Waals surface area contributed by atoms with Crippen LogP contribution in [0, 0.1) is 0 Å². The lowest BCUT2D eigenvalue weighted by molar-refractivity contribution is -0.113. The van der Waals surface area contributed by atoms with Crippen molar-refractivity contribution in [3.63, 3.8) is 0 Å². The van der Waals surface area contributed by atoms with E-state index < -0.39 is 6.04 Å². The van der Waals surface area contributed by atoms with E-state index in [0.717, 1.165) is 10.2 Å². The summed E-state index contributed by atoms with van der Waals surface area (Å²) in [6.07, 6.45) is 1.47. The van der Waals surface area contributed by atoms with Gasteiger partial charge in [0.15, 0.2) is 10.7 Å². The molecule has 1 atom stereocenters. The summed E-state index contributed by atoms with van der Waals surface area (Å²) in [5, 5.41) is 16.8. The van der Waals surface area contributed by atoms with Gasteiger partial charge in [-0.25, -0.2) is 9.98 Å². The Morgan fingerprint density at radius 2 is 1.91 bits per heavy atom. The van der Waals surface area contributed by atoms with Gasteiger partial charge >= 0.3 is 6.01 Å². The molecule has 10 nitrogen and oxygen atoms in total. The van der Waals surface area contributed by atoms with Crippen LogP contribution in [-0.2, 0) is 4.79 Å². The number of hydrogen-bond acceptors (Lipinski definition) is 9. The zero-order valence-electron chi connectivity index (χ0n) is 18.2. The Kier molecular flexibility index (Phi) is 5.20. The first-order valence-corrected chi connectivity index (χ1v) is 11.8. The third-order valence-electron chi connectivity index (χ3n) is 5.41. The number of nitrogens with one attached hydrogen (secondary N) is 4. The number of allylic oxidation sites excluding steroid dienone is 1. The first kappa shape index (κ1) is 21.3. The number of H-pyrrole nitrogens is 1. The van der Waals surface area contributed by atoms with Crippen molar-refractivity contribution in [2.45, 2.75) is 13.0 Å². The second-order valence-corrected chi connectivity index (χ2v) is 9.17. The predicted octanol–water partition coefficient (Wildman–Crippen LogP) is 4.84. The number of fused-ring (bicyclic) bond motifs is 2. The fourth-order valence-corrected chi connectivity index (χ4v) is 4.89. The van der Waals surface area contributed by atoms with E-state index in [4.69, 9.17) is 21.0 Å². The molecule has 0 fully saturated rings. The lowest BCUT2D eigenvalue weighted by Gasteiger charge is -2.25. The summed E-state index contributed by atoms with van der Waals surface area (Å²) >= 11 is 7.76. The molecule has 4 N–H and O–H groups in total. The number of nitrogens with zero attached hydrogens (tertiary/aromatic N) is 4. The molecular weight excluding hydrogens is 488 g/mol. The monoisotopic (exact) mass is 504 g/mol. The van der Waals surface area contributed by atoms with Gasteiger partial charge in [-0.2, -0.15) is 10.1 Å². The molecule has 35 heavy (non-hydrogen) atoms. The molecule has 3 aromatic heterocycles. The Morgan fingerprint density at radius 1 is 1.11 bits per heavy atom. The Labute approximate surface area is 207 Å². The Morgan fingerprint density at radius 3 is 2.69 bits per heavy atom. The molecule has 0 saturated carbocycles. The van der Waals surface area contributed by atoms with Crippen molar-refractivity contribution in [2.75, 3.05) is 10.6 Å². The second kappa shape index (κ2) is 8.53. The molecule has 0 aliphatic carbocycles. The Balaban J connectivity index is 1.32. The summed E-state index contributed by atoms with van der Waals surface area (Å²) in [6, 6.07) is 14.6. The van der Waals surface area contributed by atoms with E-state index in [1.807, 2.05) is 48.5 Å². The van der Waals surface area contributed by atoms with Gasteiger partial charge in [-0.15, -0.1) is 0 Å². The highest BCUT2D eigenvalue weighted by Gasteiger charge is 2.32. The second-order valence-electron chi connectivity index (χ2n) is 7.73. The van der Waals surface area contributed by atoms with E-state index in [1.165, 1.54) is 17.5 Å². The van der Waals surface area contributed by atoms with Crippen LogP contribution >= 0.6 is 22.9 Å². The number of benzene rings is 2. The highest BCUT2D eigenvalue weighted by atomic mass is 35.5. The van der Waals surface area contributed by atoms with Gasteiger partial charge < -0.3 is 9.73 Å². The summed E-state index contributed by atoms with van der Waals surface area (Å²) in [6.45, 7) is 1.78. The molecule has 12 heteroatoms. The average molecular weight is 505 g/mol. The molecule has 0 bridgehead atoms. The third-order valence-corrected chi connectivity index (χ3v) is 6.67. The van der Waals surface area contributed by atoms with Crippen LogP contribution in [0.2, 0.25) is 5.02 Å². The minimum atomic E-state index is -0.757. The van der Waals surface area contributed by atoms with Gasteiger partial charge in [-0.1, -0.05) is 47.2 Å². The normalized spacial score (nSPS) is 15.8. The van der Waals surface area contributed by atoms with E-state index in [2.05, 4.69) is 36.1 Å². The molecule has 6 rings (SSSR count). The molecule has 174 valence electrons. The zero-order valence-corrected chi connectivity index (χ0v) is 19.7. The topological polar surface area (TPSA) is 133 Å². The van der Waals surface area contributed by atoms with Crippen LogP contribution in [0.5, 0.6) is 0 Å². The number of carbonyl (C=O) groups excluding carboxylic acids is 1. The number of rotatable bonds is 4. The van der Waals surface area contributed by atoms with Crippen molar-refractivity contribution in [1.29, 1.82) is 0 Å². The van der Waals surface area contributed by atoms with Crippen molar-refractivity contribution in [2.24, 2.45) is 4.99 Å². The maximum Gasteiger partial charge on any atom is 0.302 e. The standard InChI is InChI=1S/C23H17ClN8O2S/c1-11-17(20(33)30-23-28-14-7-3-5-9-16(14)35-23)19(18-12(24)10-25-32-18)29-21(26-11)31-22-27-13-6-2-4-8-15(13)34-22/h2-10,19H,1H3,(H,25,32)(H,28,30,33)(H2,26,27,29,31). The number of para-hydroxylation sites is 3. The number of amides is 1. The van der Waals surface area contributed by atoms with Crippen LogP contribution in [0.15, 0.2) is 75.4 Å². The van der Waals surface area contributed by atoms with E-state index in [1.54, 1.807) is 6.92 Å².